The topological polar surface area (TPSA) is 38.3 Å². The van der Waals surface area contributed by atoms with Crippen molar-refractivity contribution in [3.63, 3.8) is 0 Å². The van der Waals surface area contributed by atoms with Crippen molar-refractivity contribution in [3.8, 4) is 0 Å². The van der Waals surface area contributed by atoms with Gasteiger partial charge in [-0.15, -0.1) is 0 Å². The number of hydrogen-bond acceptors (Lipinski definition) is 3. The first-order valence-corrected chi connectivity index (χ1v) is 7.78. The summed E-state index contributed by atoms with van der Waals surface area (Å²) >= 11 is 0. The quantitative estimate of drug-likeness (QED) is 0.612. The van der Waals surface area contributed by atoms with Gasteiger partial charge in [0.15, 0.2) is 0 Å². The smallest absolute Gasteiger partial charge is 0.314 e. The second kappa shape index (κ2) is 8.05. The van der Waals surface area contributed by atoms with Gasteiger partial charge >= 0.3 is 5.97 Å². The molecule has 1 aromatic carbocycles. The van der Waals surface area contributed by atoms with E-state index in [1.54, 1.807) is 0 Å². The minimum absolute atomic E-state index is 0.0832. The molecule has 0 fully saturated rings. The average molecular weight is 275 g/mol. The predicted octanol–water partition coefficient (Wildman–Crippen LogP) is 3.39. The fraction of sp³-hybridized carbons (Fsp3) is 0.588. The molecule has 0 aromatic heterocycles. The van der Waals surface area contributed by atoms with Crippen LogP contribution in [0.5, 0.6) is 0 Å². The Morgan fingerprint density at radius 3 is 2.90 bits per heavy atom. The maximum Gasteiger partial charge on any atom is 0.314 e. The molecule has 0 saturated carbocycles. The molecule has 1 aliphatic heterocycles. The summed E-state index contributed by atoms with van der Waals surface area (Å²) in [5.41, 5.74) is 2.34. The van der Waals surface area contributed by atoms with Gasteiger partial charge in [0.1, 0.15) is 0 Å². The van der Waals surface area contributed by atoms with Crippen molar-refractivity contribution in [1.82, 2.24) is 5.32 Å². The van der Waals surface area contributed by atoms with Crippen LogP contribution in [0.3, 0.4) is 0 Å². The van der Waals surface area contributed by atoms with E-state index >= 15 is 0 Å². The number of carbonyl (C=O) groups is 1. The lowest BCUT2D eigenvalue weighted by Gasteiger charge is -2.24. The summed E-state index contributed by atoms with van der Waals surface area (Å²) in [6.07, 6.45) is 5.88. The zero-order valence-electron chi connectivity index (χ0n) is 12.4. The molecule has 0 amide bonds. The fourth-order valence-electron chi connectivity index (χ4n) is 2.69. The molecule has 1 aromatic rings. The van der Waals surface area contributed by atoms with Gasteiger partial charge in [-0.05, 0) is 17.5 Å². The van der Waals surface area contributed by atoms with Gasteiger partial charge < -0.3 is 10.1 Å². The predicted molar refractivity (Wildman–Crippen MR) is 80.6 cm³/mol. The largest absolute Gasteiger partial charge is 0.465 e. The lowest BCUT2D eigenvalue weighted by molar-refractivity contribution is -0.145. The van der Waals surface area contributed by atoms with Crippen LogP contribution in [0, 0.1) is 0 Å². The highest BCUT2D eigenvalue weighted by molar-refractivity contribution is 5.79. The van der Waals surface area contributed by atoms with Crippen LogP contribution in [0.4, 0.5) is 0 Å². The molecule has 0 spiro atoms. The van der Waals surface area contributed by atoms with Crippen molar-refractivity contribution < 1.29 is 9.53 Å². The van der Waals surface area contributed by atoms with Crippen LogP contribution in [0.15, 0.2) is 24.3 Å². The van der Waals surface area contributed by atoms with Crippen molar-refractivity contribution in [2.24, 2.45) is 0 Å². The van der Waals surface area contributed by atoms with E-state index in [1.807, 2.05) is 18.2 Å². The molecule has 20 heavy (non-hydrogen) atoms. The molecule has 0 aliphatic carbocycles. The van der Waals surface area contributed by atoms with Crippen molar-refractivity contribution >= 4 is 5.97 Å². The molecule has 1 aliphatic rings. The summed E-state index contributed by atoms with van der Waals surface area (Å²) in [6.45, 7) is 4.29. The van der Waals surface area contributed by atoms with Crippen molar-refractivity contribution in [3.05, 3.63) is 35.4 Å². The van der Waals surface area contributed by atoms with Gasteiger partial charge in [-0.2, -0.15) is 0 Å². The number of unbranched alkanes of at least 4 members (excludes halogenated alkanes) is 4. The van der Waals surface area contributed by atoms with Crippen LogP contribution in [-0.2, 0) is 16.1 Å². The third-order valence-corrected chi connectivity index (χ3v) is 3.87. The fourth-order valence-corrected chi connectivity index (χ4v) is 2.69. The SMILES string of the molecule is CCCCCCCOC(=O)C1CNCc2ccccc21. The number of fused-ring (bicyclic) bond motifs is 1. The van der Waals surface area contributed by atoms with Crippen molar-refractivity contribution in [1.29, 1.82) is 0 Å². The highest BCUT2D eigenvalue weighted by Gasteiger charge is 2.27. The zero-order chi connectivity index (χ0) is 14.2. The second-order valence-corrected chi connectivity index (χ2v) is 5.46. The molecule has 110 valence electrons. The van der Waals surface area contributed by atoms with Gasteiger partial charge in [-0.3, -0.25) is 4.79 Å². The molecule has 1 heterocycles. The van der Waals surface area contributed by atoms with Crippen LogP contribution < -0.4 is 5.32 Å². The Labute approximate surface area is 121 Å². The number of esters is 1. The zero-order valence-corrected chi connectivity index (χ0v) is 12.4. The molecule has 0 saturated heterocycles. The Kier molecular flexibility index (Phi) is 6.06. The lowest BCUT2D eigenvalue weighted by Crippen LogP contribution is -2.33. The molecule has 2 rings (SSSR count). The van der Waals surface area contributed by atoms with Gasteiger partial charge in [0, 0.05) is 13.1 Å². The summed E-state index contributed by atoms with van der Waals surface area (Å²) in [5.74, 6) is -0.226. The molecular weight excluding hydrogens is 250 g/mol. The number of hydrogen-bond donors (Lipinski definition) is 1. The highest BCUT2D eigenvalue weighted by atomic mass is 16.5. The van der Waals surface area contributed by atoms with E-state index in [2.05, 4.69) is 18.3 Å². The molecule has 3 nitrogen and oxygen atoms in total. The Morgan fingerprint density at radius 1 is 1.25 bits per heavy atom. The first-order chi connectivity index (χ1) is 9.83. The maximum atomic E-state index is 12.2. The van der Waals surface area contributed by atoms with Gasteiger partial charge in [-0.1, -0.05) is 56.9 Å². The van der Waals surface area contributed by atoms with Crippen molar-refractivity contribution in [2.75, 3.05) is 13.2 Å². The summed E-state index contributed by atoms with van der Waals surface area (Å²) in [7, 11) is 0. The number of ether oxygens (including phenoxy) is 1. The molecule has 0 bridgehead atoms. The first-order valence-electron chi connectivity index (χ1n) is 7.78. The summed E-state index contributed by atoms with van der Waals surface area (Å²) < 4.78 is 5.44. The maximum absolute atomic E-state index is 12.2. The van der Waals surface area contributed by atoms with Crippen LogP contribution in [0.1, 0.15) is 56.1 Å². The van der Waals surface area contributed by atoms with Crippen LogP contribution in [0.25, 0.3) is 0 Å². The normalized spacial score (nSPS) is 17.6. The van der Waals surface area contributed by atoms with Crippen LogP contribution in [-0.4, -0.2) is 19.1 Å². The molecule has 1 unspecified atom stereocenters. The summed E-state index contributed by atoms with van der Waals surface area (Å²) in [5, 5.41) is 3.29. The van der Waals surface area contributed by atoms with E-state index in [0.29, 0.717) is 13.2 Å². The number of rotatable bonds is 7. The van der Waals surface area contributed by atoms with E-state index in [1.165, 1.54) is 24.8 Å². The number of carbonyl (C=O) groups excluding carboxylic acids is 1. The second-order valence-electron chi connectivity index (χ2n) is 5.46. The third-order valence-electron chi connectivity index (χ3n) is 3.87. The minimum Gasteiger partial charge on any atom is -0.465 e. The van der Waals surface area contributed by atoms with Crippen LogP contribution in [0.2, 0.25) is 0 Å². The summed E-state index contributed by atoms with van der Waals surface area (Å²) in [6, 6.07) is 8.13. The Bertz CT molecular complexity index is 431. The van der Waals surface area contributed by atoms with Gasteiger partial charge in [0.25, 0.3) is 0 Å². The summed E-state index contributed by atoms with van der Waals surface area (Å²) in [4.78, 5) is 12.2. The minimum atomic E-state index is -0.143. The lowest BCUT2D eigenvalue weighted by atomic mass is 9.91. The van der Waals surface area contributed by atoms with E-state index in [4.69, 9.17) is 4.74 Å². The molecule has 1 N–H and O–H groups in total. The van der Waals surface area contributed by atoms with Gasteiger partial charge in [0.2, 0.25) is 0 Å². The van der Waals surface area contributed by atoms with E-state index in [-0.39, 0.29) is 11.9 Å². The molecule has 1 atom stereocenters. The van der Waals surface area contributed by atoms with E-state index in [9.17, 15) is 4.79 Å². The number of nitrogens with one attached hydrogen (secondary N) is 1. The monoisotopic (exact) mass is 275 g/mol. The molecule has 0 radical (unpaired) electrons. The van der Waals surface area contributed by atoms with Crippen molar-refractivity contribution in [2.45, 2.75) is 51.5 Å². The van der Waals surface area contributed by atoms with E-state index in [0.717, 1.165) is 24.9 Å². The Balaban J connectivity index is 1.79. The van der Waals surface area contributed by atoms with Gasteiger partial charge in [-0.25, -0.2) is 0 Å². The number of benzene rings is 1. The standard InChI is InChI=1S/C17H25NO2/c1-2-3-4-5-8-11-20-17(19)16-13-18-12-14-9-6-7-10-15(14)16/h6-7,9-10,16,18H,2-5,8,11-13H2,1H3. The Hall–Kier alpha value is -1.35. The first kappa shape index (κ1) is 15.0. The molecular formula is C17H25NO2. The molecule has 3 heteroatoms. The van der Waals surface area contributed by atoms with Gasteiger partial charge in [0.05, 0.1) is 12.5 Å². The third kappa shape index (κ3) is 4.07. The van der Waals surface area contributed by atoms with Crippen LogP contribution >= 0.6 is 0 Å². The highest BCUT2D eigenvalue weighted by Crippen LogP contribution is 2.24. The van der Waals surface area contributed by atoms with E-state index < -0.39 is 0 Å². The average Bonchev–Trinajstić information content (AvgIpc) is 2.50. The Morgan fingerprint density at radius 2 is 2.05 bits per heavy atom.